The summed E-state index contributed by atoms with van der Waals surface area (Å²) in [6.45, 7) is 0.657. The number of hydrazine groups is 1. The zero-order valence-corrected chi connectivity index (χ0v) is 16.3. The molecule has 0 saturated carbocycles. The lowest BCUT2D eigenvalue weighted by atomic mass is 10.0. The first-order valence-corrected chi connectivity index (χ1v) is 10.5. The molecule has 0 unspecified atom stereocenters. The summed E-state index contributed by atoms with van der Waals surface area (Å²) in [6, 6.07) is 19.1. The smallest absolute Gasteiger partial charge is 0.258 e. The summed E-state index contributed by atoms with van der Waals surface area (Å²) in [4.78, 5) is 5.09. The van der Waals surface area contributed by atoms with Crippen LogP contribution in [0.25, 0.3) is 10.8 Å². The molecule has 0 aromatic heterocycles. The molecule has 0 spiro atoms. The summed E-state index contributed by atoms with van der Waals surface area (Å²) in [7, 11) is 0.200. The number of fused-ring (bicyclic) bond motifs is 2. The second-order valence-electron chi connectivity index (χ2n) is 7.00. The lowest BCUT2D eigenvalue weighted by Crippen LogP contribution is -2.45. The molecule has 3 aromatic rings. The minimum Gasteiger partial charge on any atom is -0.377 e. The van der Waals surface area contributed by atoms with Crippen molar-refractivity contribution in [3.8, 4) is 0 Å². The first-order chi connectivity index (χ1) is 13.0. The van der Waals surface area contributed by atoms with Crippen LogP contribution < -0.4 is 14.7 Å². The predicted octanol–water partition coefficient (Wildman–Crippen LogP) is 3.55. The number of anilines is 2. The highest BCUT2D eigenvalue weighted by Crippen LogP contribution is 2.31. The molecule has 1 aliphatic heterocycles. The summed E-state index contributed by atoms with van der Waals surface area (Å²) in [6.07, 6.45) is 1.88. The average molecular weight is 382 g/mol. The number of hydrogen-bond donors (Lipinski definition) is 1. The van der Waals surface area contributed by atoms with Crippen LogP contribution in [-0.2, 0) is 16.4 Å². The maximum absolute atomic E-state index is 13.2. The second kappa shape index (κ2) is 6.87. The molecule has 4 rings (SSSR count). The Bertz CT molecular complexity index is 1090. The van der Waals surface area contributed by atoms with Gasteiger partial charge in [0.2, 0.25) is 0 Å². The Balaban J connectivity index is 1.77. The van der Waals surface area contributed by atoms with Crippen LogP contribution in [0, 0.1) is 0 Å². The largest absolute Gasteiger partial charge is 0.377 e. The van der Waals surface area contributed by atoms with E-state index in [1.807, 2.05) is 61.5 Å². The quantitative estimate of drug-likeness (QED) is 0.751. The third-order valence-electron chi connectivity index (χ3n) is 4.97. The van der Waals surface area contributed by atoms with E-state index in [2.05, 4.69) is 10.9 Å². The van der Waals surface area contributed by atoms with E-state index in [1.54, 1.807) is 17.1 Å². The van der Waals surface area contributed by atoms with Crippen molar-refractivity contribution in [1.82, 2.24) is 4.83 Å². The zero-order chi connectivity index (χ0) is 19.0. The number of nitrogens with zero attached hydrogens (tertiary/aromatic N) is 2. The van der Waals surface area contributed by atoms with Crippen LogP contribution in [0.2, 0.25) is 0 Å². The highest BCUT2D eigenvalue weighted by Gasteiger charge is 2.24. The van der Waals surface area contributed by atoms with Crippen molar-refractivity contribution in [2.24, 2.45) is 0 Å². The van der Waals surface area contributed by atoms with E-state index in [1.165, 1.54) is 5.56 Å². The summed E-state index contributed by atoms with van der Waals surface area (Å²) < 4.78 is 26.5. The summed E-state index contributed by atoms with van der Waals surface area (Å²) in [5, 5.41) is 3.40. The molecule has 0 bridgehead atoms. The lowest BCUT2D eigenvalue weighted by molar-refractivity contribution is 0.569. The van der Waals surface area contributed by atoms with Crippen LogP contribution in [0.3, 0.4) is 0 Å². The van der Waals surface area contributed by atoms with E-state index < -0.39 is 10.0 Å². The Labute approximate surface area is 160 Å². The Kier molecular flexibility index (Phi) is 4.53. The average Bonchev–Trinajstić information content (AvgIpc) is 2.67. The molecule has 5 nitrogen and oxygen atoms in total. The molecule has 0 radical (unpaired) electrons. The van der Waals surface area contributed by atoms with Gasteiger partial charge in [0, 0.05) is 37.1 Å². The standard InChI is InChI=1S/C21H23N3O2S/c1-23(2)20-13-5-11-18-17(20)10-6-14-21(18)27(25,26)22-24-15-7-9-16-8-3-4-12-19(16)24/h3-6,8,10-14,22H,7,9,15H2,1-2H3. The molecule has 140 valence electrons. The number of aryl methyl sites for hydroxylation is 1. The number of benzene rings is 3. The molecule has 0 atom stereocenters. The minimum atomic E-state index is -3.71. The van der Waals surface area contributed by atoms with Crippen LogP contribution in [0.5, 0.6) is 0 Å². The summed E-state index contributed by atoms with van der Waals surface area (Å²) >= 11 is 0. The van der Waals surface area contributed by atoms with Crippen LogP contribution in [0.4, 0.5) is 11.4 Å². The molecule has 0 fully saturated rings. The molecule has 27 heavy (non-hydrogen) atoms. The van der Waals surface area contributed by atoms with Crippen molar-refractivity contribution in [1.29, 1.82) is 0 Å². The maximum Gasteiger partial charge on any atom is 0.258 e. The predicted molar refractivity (Wildman–Crippen MR) is 111 cm³/mol. The highest BCUT2D eigenvalue weighted by molar-refractivity contribution is 7.89. The number of para-hydroxylation sites is 1. The first kappa shape index (κ1) is 17.8. The third-order valence-corrected chi connectivity index (χ3v) is 6.37. The van der Waals surface area contributed by atoms with Gasteiger partial charge in [-0.15, -0.1) is 4.83 Å². The lowest BCUT2D eigenvalue weighted by Gasteiger charge is -2.31. The second-order valence-corrected chi connectivity index (χ2v) is 8.63. The molecule has 1 aliphatic rings. The number of sulfonamides is 1. The van der Waals surface area contributed by atoms with Crippen molar-refractivity contribution in [2.75, 3.05) is 30.5 Å². The fourth-order valence-corrected chi connectivity index (χ4v) is 5.01. The van der Waals surface area contributed by atoms with Crippen molar-refractivity contribution < 1.29 is 8.42 Å². The van der Waals surface area contributed by atoms with E-state index in [9.17, 15) is 8.42 Å². The van der Waals surface area contributed by atoms with Crippen LogP contribution in [0.15, 0.2) is 65.6 Å². The van der Waals surface area contributed by atoms with Crippen molar-refractivity contribution in [3.63, 3.8) is 0 Å². The Morgan fingerprint density at radius 3 is 2.48 bits per heavy atom. The van der Waals surface area contributed by atoms with Gasteiger partial charge in [-0.25, -0.2) is 8.42 Å². The van der Waals surface area contributed by atoms with Crippen molar-refractivity contribution in [2.45, 2.75) is 17.7 Å². The van der Waals surface area contributed by atoms with Gasteiger partial charge in [-0.2, -0.15) is 0 Å². The normalized spacial score (nSPS) is 14.2. The molecular weight excluding hydrogens is 358 g/mol. The van der Waals surface area contributed by atoms with E-state index in [-0.39, 0.29) is 0 Å². The molecule has 3 aromatic carbocycles. The summed E-state index contributed by atoms with van der Waals surface area (Å²) in [5.74, 6) is 0. The zero-order valence-electron chi connectivity index (χ0n) is 15.5. The van der Waals surface area contributed by atoms with E-state index in [0.717, 1.165) is 35.0 Å². The van der Waals surface area contributed by atoms with Gasteiger partial charge in [0.05, 0.1) is 10.6 Å². The number of hydrogen-bond acceptors (Lipinski definition) is 4. The number of nitrogens with one attached hydrogen (secondary N) is 1. The molecule has 1 heterocycles. The Morgan fingerprint density at radius 1 is 0.926 bits per heavy atom. The van der Waals surface area contributed by atoms with Gasteiger partial charge in [-0.1, -0.05) is 42.5 Å². The van der Waals surface area contributed by atoms with Gasteiger partial charge in [-0.3, -0.25) is 5.01 Å². The monoisotopic (exact) mass is 381 g/mol. The van der Waals surface area contributed by atoms with Gasteiger partial charge in [0.1, 0.15) is 0 Å². The molecule has 0 amide bonds. The fourth-order valence-electron chi connectivity index (χ4n) is 3.71. The SMILES string of the molecule is CN(C)c1cccc2c(S(=O)(=O)NN3CCCc4ccccc43)cccc12. The van der Waals surface area contributed by atoms with Gasteiger partial charge in [0.25, 0.3) is 10.0 Å². The van der Waals surface area contributed by atoms with Gasteiger partial charge < -0.3 is 4.90 Å². The molecule has 0 aliphatic carbocycles. The highest BCUT2D eigenvalue weighted by atomic mass is 32.2. The van der Waals surface area contributed by atoms with Crippen LogP contribution in [-0.4, -0.2) is 29.1 Å². The molecular formula is C21H23N3O2S. The molecule has 6 heteroatoms. The first-order valence-electron chi connectivity index (χ1n) is 9.04. The maximum atomic E-state index is 13.2. The van der Waals surface area contributed by atoms with Gasteiger partial charge in [0.15, 0.2) is 0 Å². The van der Waals surface area contributed by atoms with Crippen molar-refractivity contribution in [3.05, 3.63) is 66.2 Å². The van der Waals surface area contributed by atoms with E-state index in [4.69, 9.17) is 0 Å². The van der Waals surface area contributed by atoms with E-state index in [0.29, 0.717) is 11.4 Å². The van der Waals surface area contributed by atoms with Crippen LogP contribution in [0.1, 0.15) is 12.0 Å². The third kappa shape index (κ3) is 3.26. The molecule has 1 N–H and O–H groups in total. The topological polar surface area (TPSA) is 52.7 Å². The van der Waals surface area contributed by atoms with Crippen LogP contribution >= 0.6 is 0 Å². The van der Waals surface area contributed by atoms with Crippen molar-refractivity contribution >= 4 is 32.2 Å². The minimum absolute atomic E-state index is 0.298. The Morgan fingerprint density at radius 2 is 1.67 bits per heavy atom. The number of rotatable bonds is 4. The van der Waals surface area contributed by atoms with Gasteiger partial charge in [-0.05, 0) is 36.6 Å². The Hall–Kier alpha value is -2.57. The van der Waals surface area contributed by atoms with Gasteiger partial charge >= 0.3 is 0 Å². The van der Waals surface area contributed by atoms with E-state index >= 15 is 0 Å². The fraction of sp³-hybridized carbons (Fsp3) is 0.238. The summed E-state index contributed by atoms with van der Waals surface area (Å²) in [5.41, 5.74) is 3.09. The molecule has 0 saturated heterocycles.